The predicted molar refractivity (Wildman–Crippen MR) is 177 cm³/mol. The van der Waals surface area contributed by atoms with Crippen molar-refractivity contribution in [2.75, 3.05) is 13.7 Å². The summed E-state index contributed by atoms with van der Waals surface area (Å²) in [7, 11) is 1.50. The van der Waals surface area contributed by atoms with Gasteiger partial charge in [0.05, 0.1) is 13.0 Å². The van der Waals surface area contributed by atoms with Crippen LogP contribution in [0.15, 0.2) is 77.0 Å². The van der Waals surface area contributed by atoms with Crippen LogP contribution in [0.1, 0.15) is 84.8 Å². The predicted octanol–water partition coefficient (Wildman–Crippen LogP) is 10.6. The number of hydrogen-bond donors (Lipinski definition) is 1. The molecule has 250 valence electrons. The number of esters is 1. The van der Waals surface area contributed by atoms with Gasteiger partial charge >= 0.3 is 12.1 Å². The smallest absolute Gasteiger partial charge is 0.449 e. The Balaban J connectivity index is 0.00000192. The highest BCUT2D eigenvalue weighted by molar-refractivity contribution is 5.95. The molecule has 0 aliphatic rings. The van der Waals surface area contributed by atoms with E-state index in [0.717, 1.165) is 6.07 Å². The molecule has 5 nitrogen and oxygen atoms in total. The third-order valence-corrected chi connectivity index (χ3v) is 5.21. The van der Waals surface area contributed by atoms with Crippen LogP contribution in [0.5, 0.6) is 5.75 Å². The van der Waals surface area contributed by atoms with E-state index in [1.807, 2.05) is 13.8 Å². The van der Waals surface area contributed by atoms with Crippen LogP contribution in [0, 0.1) is 5.41 Å². The lowest BCUT2D eigenvalue weighted by Crippen LogP contribution is -2.09. The van der Waals surface area contributed by atoms with Crippen molar-refractivity contribution in [1.82, 2.24) is 0 Å². The van der Waals surface area contributed by atoms with Crippen molar-refractivity contribution in [2.45, 2.75) is 81.5 Å². The molecule has 0 saturated carbocycles. The Hall–Kier alpha value is -3.85. The maximum absolute atomic E-state index is 15.1. The van der Waals surface area contributed by atoms with Gasteiger partial charge < -0.3 is 19.6 Å². The van der Waals surface area contributed by atoms with Crippen LogP contribution in [0.2, 0.25) is 0 Å². The summed E-state index contributed by atoms with van der Waals surface area (Å²) in [6.45, 7) is 21.4. The van der Waals surface area contributed by atoms with E-state index in [1.54, 1.807) is 45.0 Å². The lowest BCUT2D eigenvalue weighted by molar-refractivity contribution is -0.152. The normalized spacial score (nSPS) is 11.1. The zero-order valence-electron chi connectivity index (χ0n) is 28.2. The Morgan fingerprint density at radius 3 is 2.11 bits per heavy atom. The van der Waals surface area contributed by atoms with Gasteiger partial charge in [-0.15, -0.1) is 0 Å². The van der Waals surface area contributed by atoms with Crippen LogP contribution in [0.25, 0.3) is 16.5 Å². The molecule has 0 fully saturated rings. The summed E-state index contributed by atoms with van der Waals surface area (Å²) in [4.78, 5) is 11.9. The Kier molecular flexibility index (Phi) is 17.8. The molecule has 1 heterocycles. The molecule has 0 saturated heterocycles. The number of nitrogens with two attached hydrogens (primary N) is 1. The monoisotopic (exact) mass is 635 g/mol. The molecule has 0 amide bonds. The Bertz CT molecular complexity index is 1420. The fourth-order valence-corrected chi connectivity index (χ4v) is 3.63. The van der Waals surface area contributed by atoms with Crippen molar-refractivity contribution < 1.29 is 36.2 Å². The summed E-state index contributed by atoms with van der Waals surface area (Å²) in [5.41, 5.74) is 6.51. The molecule has 0 bridgehead atoms. The maximum Gasteiger partial charge on any atom is 0.449 e. The largest absolute Gasteiger partial charge is 0.489 e. The maximum atomic E-state index is 15.1. The van der Waals surface area contributed by atoms with Crippen LogP contribution in [-0.2, 0) is 28.7 Å². The molecule has 2 aromatic carbocycles. The van der Waals surface area contributed by atoms with Gasteiger partial charge in [-0.05, 0) is 68.6 Å². The molecule has 2 N–H and O–H groups in total. The SMILES string of the molecule is C=C/C=C(\C(F)=C(C)C)c1cc(COc2ccccc2CC(=O)OCC)cc2cc(C(F)(F)F)oc12.CC.CC(C)(C)C.CN. The number of hydrogen-bond acceptors (Lipinski definition) is 5. The summed E-state index contributed by atoms with van der Waals surface area (Å²) in [5, 5.41) is 0.148. The number of fused-ring (bicyclic) bond motifs is 1. The van der Waals surface area contributed by atoms with Gasteiger partial charge in [-0.3, -0.25) is 4.79 Å². The average molecular weight is 636 g/mol. The molecule has 1 aromatic heterocycles. The van der Waals surface area contributed by atoms with Gasteiger partial charge in [0.15, 0.2) is 0 Å². The first-order chi connectivity index (χ1) is 21.0. The van der Waals surface area contributed by atoms with Gasteiger partial charge in [-0.2, -0.15) is 13.2 Å². The van der Waals surface area contributed by atoms with E-state index in [4.69, 9.17) is 13.9 Å². The lowest BCUT2D eigenvalue weighted by Gasteiger charge is -2.13. The van der Waals surface area contributed by atoms with E-state index < -0.39 is 23.7 Å². The van der Waals surface area contributed by atoms with E-state index in [-0.39, 0.29) is 41.7 Å². The fourth-order valence-electron chi connectivity index (χ4n) is 3.63. The Labute approximate surface area is 265 Å². The highest BCUT2D eigenvalue weighted by Gasteiger charge is 2.36. The number of benzene rings is 2. The quantitative estimate of drug-likeness (QED) is 0.144. The minimum atomic E-state index is -4.71. The third kappa shape index (κ3) is 14.2. The molecule has 0 spiro atoms. The highest BCUT2D eigenvalue weighted by Crippen LogP contribution is 2.39. The van der Waals surface area contributed by atoms with Gasteiger partial charge in [0.2, 0.25) is 5.76 Å². The minimum Gasteiger partial charge on any atom is -0.489 e. The van der Waals surface area contributed by atoms with E-state index >= 15 is 4.39 Å². The highest BCUT2D eigenvalue weighted by atomic mass is 19.4. The molecule has 0 aliphatic carbocycles. The van der Waals surface area contributed by atoms with Crippen LogP contribution < -0.4 is 10.5 Å². The molecular formula is C36H49F4NO4. The molecule has 9 heteroatoms. The molecule has 3 rings (SSSR count). The van der Waals surface area contributed by atoms with Gasteiger partial charge in [-0.25, -0.2) is 4.39 Å². The van der Waals surface area contributed by atoms with Gasteiger partial charge in [0.25, 0.3) is 0 Å². The standard InChI is InChI=1S/C28H26F4O4.C5H12.C2H6.CH5N/c1-5-9-21(26(29)17(3)4)22-13-18(12-20-14-24(28(30,31)32)36-27(20)22)16-35-23-11-8-7-10-19(23)15-25(33)34-6-2;1-5(2,3)4;2*1-2/h5,7-14H,1,6,15-16H2,2-4H3;1-4H3;1-2H3;2H2,1H3/b21-9-;;;. The van der Waals surface area contributed by atoms with Crippen LogP contribution in [0.3, 0.4) is 0 Å². The number of alkyl halides is 3. The molecule has 45 heavy (non-hydrogen) atoms. The molecule has 0 aliphatic heterocycles. The molecule has 3 aromatic rings. The van der Waals surface area contributed by atoms with Gasteiger partial charge in [0, 0.05) is 22.1 Å². The summed E-state index contributed by atoms with van der Waals surface area (Å²) >= 11 is 0. The first-order valence-corrected chi connectivity index (χ1v) is 14.8. The van der Waals surface area contributed by atoms with Crippen molar-refractivity contribution in [3.05, 3.63) is 95.0 Å². The molecular weight excluding hydrogens is 586 g/mol. The number of carbonyl (C=O) groups excluding carboxylic acids is 1. The number of para-hydroxylation sites is 1. The number of halogens is 4. The first kappa shape index (κ1) is 41.1. The lowest BCUT2D eigenvalue weighted by atomic mass is 9.97. The second kappa shape index (κ2) is 19.5. The number of furan rings is 1. The minimum absolute atomic E-state index is 0.00295. The van der Waals surface area contributed by atoms with Crippen molar-refractivity contribution in [2.24, 2.45) is 11.1 Å². The van der Waals surface area contributed by atoms with E-state index in [2.05, 4.69) is 40.0 Å². The van der Waals surface area contributed by atoms with Crippen LogP contribution >= 0.6 is 0 Å². The Morgan fingerprint density at radius 1 is 1.02 bits per heavy atom. The molecule has 0 radical (unpaired) electrons. The number of ether oxygens (including phenoxy) is 2. The fraction of sp³-hybridized carbons (Fsp3) is 0.417. The number of rotatable bonds is 9. The van der Waals surface area contributed by atoms with Crippen LogP contribution in [0.4, 0.5) is 17.6 Å². The second-order valence-electron chi connectivity index (χ2n) is 11.2. The average Bonchev–Trinajstić information content (AvgIpc) is 3.41. The van der Waals surface area contributed by atoms with Crippen molar-refractivity contribution >= 4 is 22.5 Å². The van der Waals surface area contributed by atoms with Gasteiger partial charge in [0.1, 0.15) is 23.8 Å². The third-order valence-electron chi connectivity index (χ3n) is 5.21. The summed E-state index contributed by atoms with van der Waals surface area (Å²) in [6.07, 6.45) is -1.97. The topological polar surface area (TPSA) is 74.7 Å². The zero-order valence-corrected chi connectivity index (χ0v) is 28.2. The Morgan fingerprint density at radius 2 is 1.60 bits per heavy atom. The number of allylic oxidation sites excluding steroid dienone is 5. The van der Waals surface area contributed by atoms with Crippen LogP contribution in [-0.4, -0.2) is 19.6 Å². The van der Waals surface area contributed by atoms with Gasteiger partial charge in [-0.1, -0.05) is 78.5 Å². The van der Waals surface area contributed by atoms with Crippen molar-refractivity contribution in [1.29, 1.82) is 0 Å². The second-order valence-corrected chi connectivity index (χ2v) is 11.2. The first-order valence-electron chi connectivity index (χ1n) is 14.8. The van der Waals surface area contributed by atoms with Crippen molar-refractivity contribution in [3.8, 4) is 5.75 Å². The van der Waals surface area contributed by atoms with E-state index in [1.165, 1.54) is 31.3 Å². The summed E-state index contributed by atoms with van der Waals surface area (Å²) in [5.74, 6) is -1.77. The number of carbonyl (C=O) groups is 1. The zero-order chi connectivity index (χ0) is 35.0. The molecule has 0 atom stereocenters. The molecule has 0 unspecified atom stereocenters. The van der Waals surface area contributed by atoms with E-state index in [0.29, 0.717) is 27.9 Å². The summed E-state index contributed by atoms with van der Waals surface area (Å²) < 4.78 is 71.3. The van der Waals surface area contributed by atoms with Crippen molar-refractivity contribution in [3.63, 3.8) is 0 Å². The van der Waals surface area contributed by atoms with E-state index in [9.17, 15) is 18.0 Å². The summed E-state index contributed by atoms with van der Waals surface area (Å²) in [6, 6.07) is 10.8.